The summed E-state index contributed by atoms with van der Waals surface area (Å²) in [5.74, 6) is 0.539. The van der Waals surface area contributed by atoms with Crippen LogP contribution < -0.4 is 5.56 Å². The molecule has 202 valence electrons. The minimum absolute atomic E-state index is 0.00312. The van der Waals surface area contributed by atoms with E-state index in [1.165, 1.54) is 44.9 Å². The Morgan fingerprint density at radius 3 is 2.34 bits per heavy atom. The molecule has 2 saturated heterocycles. The molecule has 6 rings (SSSR count). The van der Waals surface area contributed by atoms with Gasteiger partial charge in [-0.3, -0.25) is 14.5 Å². The highest BCUT2D eigenvalue weighted by molar-refractivity contribution is 6.35. The van der Waals surface area contributed by atoms with Crippen molar-refractivity contribution in [3.63, 3.8) is 0 Å². The zero-order valence-electron chi connectivity index (χ0n) is 21.7. The van der Waals surface area contributed by atoms with Crippen LogP contribution in [0.1, 0.15) is 82.4 Å². The van der Waals surface area contributed by atoms with E-state index in [0.29, 0.717) is 29.9 Å². The number of carbonyl (C=O) groups is 2. The molecule has 1 aromatic heterocycles. The number of carboxylic acids is 1. The second kappa shape index (κ2) is 10.6. The number of hydrogen-bond acceptors (Lipinski definition) is 7. The summed E-state index contributed by atoms with van der Waals surface area (Å²) in [6.45, 7) is -0.705. The largest absolute Gasteiger partial charge is 0.479 e. The third-order valence-electron chi connectivity index (χ3n) is 9.40. The molecule has 4 fully saturated rings. The van der Waals surface area contributed by atoms with Gasteiger partial charge >= 0.3 is 5.97 Å². The molecule has 3 heterocycles. The van der Waals surface area contributed by atoms with Gasteiger partial charge in [-0.1, -0.05) is 43.0 Å². The van der Waals surface area contributed by atoms with Gasteiger partial charge in [-0.2, -0.15) is 0 Å². The van der Waals surface area contributed by atoms with Gasteiger partial charge in [0.1, 0.15) is 0 Å². The Labute approximate surface area is 221 Å². The van der Waals surface area contributed by atoms with Crippen molar-refractivity contribution in [2.45, 2.75) is 94.8 Å². The number of carboxylic acid groups (broad SMARTS) is 1. The number of carbonyl (C=O) groups excluding carboxylic acids is 1. The molecule has 4 atom stereocenters. The molecule has 2 saturated carbocycles. The van der Waals surface area contributed by atoms with Gasteiger partial charge in [0.05, 0.1) is 11.0 Å². The van der Waals surface area contributed by atoms with Crippen LogP contribution in [-0.2, 0) is 14.4 Å². The fraction of sp³-hybridized carbons (Fsp3) is 0.621. The van der Waals surface area contributed by atoms with E-state index in [1.54, 1.807) is 0 Å². The Bertz CT molecular complexity index is 1280. The second-order valence-corrected chi connectivity index (χ2v) is 11.7. The van der Waals surface area contributed by atoms with Crippen LogP contribution in [-0.4, -0.2) is 62.3 Å². The van der Waals surface area contributed by atoms with Gasteiger partial charge in [-0.05, 0) is 68.9 Å². The Hall–Kier alpha value is -3.07. The third-order valence-corrected chi connectivity index (χ3v) is 9.40. The number of para-hydroxylation sites is 2. The van der Waals surface area contributed by atoms with E-state index in [-0.39, 0.29) is 23.0 Å². The van der Waals surface area contributed by atoms with Crippen molar-refractivity contribution >= 4 is 29.0 Å². The molecule has 0 spiro atoms. The molecule has 9 nitrogen and oxygen atoms in total. The fourth-order valence-corrected chi connectivity index (χ4v) is 8.10. The summed E-state index contributed by atoms with van der Waals surface area (Å²) >= 11 is 0. The lowest BCUT2D eigenvalue weighted by molar-refractivity contribution is -0.142. The first kappa shape index (κ1) is 25.2. The third kappa shape index (κ3) is 4.77. The number of aldehydes is 1. The van der Waals surface area contributed by atoms with Gasteiger partial charge in [0.2, 0.25) is 6.61 Å². The van der Waals surface area contributed by atoms with Crippen LogP contribution in [0.3, 0.4) is 0 Å². The monoisotopic (exact) mass is 520 g/mol. The highest BCUT2D eigenvalue weighted by Gasteiger charge is 2.45. The highest BCUT2D eigenvalue weighted by Crippen LogP contribution is 2.47. The summed E-state index contributed by atoms with van der Waals surface area (Å²) in [7, 11) is 0. The Morgan fingerprint density at radius 2 is 1.66 bits per heavy atom. The molecule has 9 heteroatoms. The minimum Gasteiger partial charge on any atom is -0.479 e. The molecule has 2 aromatic rings. The average Bonchev–Trinajstić information content (AvgIpc) is 2.90. The van der Waals surface area contributed by atoms with Gasteiger partial charge < -0.3 is 14.5 Å². The number of benzene rings is 1. The van der Waals surface area contributed by atoms with E-state index in [9.17, 15) is 14.4 Å². The maximum atomic E-state index is 13.9. The van der Waals surface area contributed by atoms with E-state index in [4.69, 9.17) is 9.94 Å². The van der Waals surface area contributed by atoms with Gasteiger partial charge in [-0.25, -0.2) is 9.78 Å². The topological polar surface area (TPSA) is 114 Å². The van der Waals surface area contributed by atoms with Crippen LogP contribution in [0.15, 0.2) is 34.2 Å². The van der Waals surface area contributed by atoms with Crippen molar-refractivity contribution in [3.8, 4) is 0 Å². The fourth-order valence-electron chi connectivity index (χ4n) is 8.10. The maximum absolute atomic E-state index is 13.9. The normalized spacial score (nSPS) is 31.6. The summed E-state index contributed by atoms with van der Waals surface area (Å²) < 4.78 is 1.83. The number of hydrogen-bond donors (Lipinski definition) is 1. The quantitative estimate of drug-likeness (QED) is 0.334. The van der Waals surface area contributed by atoms with Crippen molar-refractivity contribution in [2.75, 3.05) is 6.61 Å². The number of oxime groups is 1. The summed E-state index contributed by atoms with van der Waals surface area (Å²) in [5, 5.41) is 12.5. The van der Waals surface area contributed by atoms with E-state index >= 15 is 0 Å². The number of aromatic nitrogens is 2. The molecule has 4 aliphatic rings. The van der Waals surface area contributed by atoms with Crippen molar-refractivity contribution in [2.24, 2.45) is 17.0 Å². The van der Waals surface area contributed by atoms with E-state index in [0.717, 1.165) is 43.0 Å². The SMILES string of the molecule is O=CC(=NOCC(=O)O)c1nc2ccccc2n(C2CC3CCCC(C2)N3C2CC3CCCC(C3)C2)c1=O. The first-order valence-electron chi connectivity index (χ1n) is 14.2. The summed E-state index contributed by atoms with van der Waals surface area (Å²) in [6.07, 6.45) is 14.0. The lowest BCUT2D eigenvalue weighted by Crippen LogP contribution is -2.58. The lowest BCUT2D eigenvalue weighted by atomic mass is 9.68. The zero-order valence-corrected chi connectivity index (χ0v) is 21.7. The molecule has 1 N–H and O–H groups in total. The summed E-state index contributed by atoms with van der Waals surface area (Å²) in [4.78, 5) is 48.7. The standard InChI is InChI=1S/C29H36N4O5/c34-16-25(31-38-17-27(35)36)28-29(37)33(26-10-2-1-9-24(26)30-28)23-14-20-7-4-8-21(15-23)32(20)22-12-18-5-3-6-19(11-18)13-22/h1-2,9-10,16,18-23H,3-8,11-15,17H2,(H,35,36). The first-order chi connectivity index (χ1) is 18.5. The average molecular weight is 521 g/mol. The smallest absolute Gasteiger partial charge is 0.344 e. The van der Waals surface area contributed by atoms with Crippen LogP contribution in [0, 0.1) is 11.8 Å². The van der Waals surface area contributed by atoms with Gasteiger partial charge in [0.15, 0.2) is 17.7 Å². The van der Waals surface area contributed by atoms with Crippen LogP contribution in [0.25, 0.3) is 11.0 Å². The second-order valence-electron chi connectivity index (χ2n) is 11.7. The lowest BCUT2D eigenvalue weighted by Gasteiger charge is -2.55. The molecule has 4 unspecified atom stereocenters. The first-order valence-corrected chi connectivity index (χ1v) is 14.2. The van der Waals surface area contributed by atoms with Crippen molar-refractivity contribution in [3.05, 3.63) is 40.3 Å². The molecule has 2 aliphatic carbocycles. The van der Waals surface area contributed by atoms with Gasteiger partial charge in [0, 0.05) is 24.2 Å². The number of piperidine rings is 2. The van der Waals surface area contributed by atoms with E-state index in [1.807, 2.05) is 28.8 Å². The number of aliphatic carboxylic acids is 1. The minimum atomic E-state index is -1.22. The van der Waals surface area contributed by atoms with E-state index in [2.05, 4.69) is 15.0 Å². The van der Waals surface area contributed by atoms with E-state index < -0.39 is 12.6 Å². The molecule has 2 aliphatic heterocycles. The predicted molar refractivity (Wildman–Crippen MR) is 142 cm³/mol. The van der Waals surface area contributed by atoms with Crippen molar-refractivity contribution in [1.29, 1.82) is 0 Å². The maximum Gasteiger partial charge on any atom is 0.344 e. The molecule has 1 aromatic carbocycles. The highest BCUT2D eigenvalue weighted by atomic mass is 16.6. The Kier molecular flexibility index (Phi) is 7.03. The number of rotatable bonds is 7. The summed E-state index contributed by atoms with van der Waals surface area (Å²) in [5.41, 5.74) is 0.584. The predicted octanol–water partition coefficient (Wildman–Crippen LogP) is 3.93. The molecular formula is C29H36N4O5. The molecule has 38 heavy (non-hydrogen) atoms. The van der Waals surface area contributed by atoms with Gasteiger partial charge in [0.25, 0.3) is 5.56 Å². The molecule has 4 bridgehead atoms. The van der Waals surface area contributed by atoms with Crippen LogP contribution >= 0.6 is 0 Å². The van der Waals surface area contributed by atoms with Crippen LogP contribution in [0.4, 0.5) is 0 Å². The zero-order chi connectivity index (χ0) is 26.2. The Morgan fingerprint density at radius 1 is 0.974 bits per heavy atom. The molecular weight excluding hydrogens is 484 g/mol. The Balaban J connectivity index is 1.34. The van der Waals surface area contributed by atoms with Crippen molar-refractivity contribution in [1.82, 2.24) is 14.5 Å². The summed E-state index contributed by atoms with van der Waals surface area (Å²) in [6, 6.07) is 9.06. The number of fused-ring (bicyclic) bond motifs is 5. The number of nitrogens with zero attached hydrogens (tertiary/aromatic N) is 4. The molecule has 0 radical (unpaired) electrons. The van der Waals surface area contributed by atoms with Crippen LogP contribution in [0.2, 0.25) is 0 Å². The van der Waals surface area contributed by atoms with Crippen LogP contribution in [0.5, 0.6) is 0 Å². The van der Waals surface area contributed by atoms with Crippen molar-refractivity contribution < 1.29 is 19.5 Å². The van der Waals surface area contributed by atoms with Gasteiger partial charge in [-0.15, -0.1) is 0 Å². The molecule has 0 amide bonds.